The van der Waals surface area contributed by atoms with Crippen molar-refractivity contribution in [2.75, 3.05) is 13.1 Å². The Morgan fingerprint density at radius 1 is 1.39 bits per heavy atom. The maximum Gasteiger partial charge on any atom is 0.276 e. The highest BCUT2D eigenvalue weighted by Crippen LogP contribution is 2.29. The first-order chi connectivity index (χ1) is 8.43. The highest BCUT2D eigenvalue weighted by atomic mass is 35.5. The van der Waals surface area contributed by atoms with Gasteiger partial charge < -0.3 is 4.42 Å². The number of thioether (sulfide) groups is 1. The number of hydrogen-bond acceptors (Lipinski definition) is 4. The first-order valence-corrected chi connectivity index (χ1v) is 8.65. The van der Waals surface area contributed by atoms with Crippen molar-refractivity contribution in [1.29, 1.82) is 0 Å². The molecule has 0 spiro atoms. The van der Waals surface area contributed by atoms with Gasteiger partial charge in [-0.15, -0.1) is 11.6 Å². The van der Waals surface area contributed by atoms with Crippen molar-refractivity contribution < 1.29 is 12.8 Å². The summed E-state index contributed by atoms with van der Waals surface area (Å²) >= 11 is 7.43. The van der Waals surface area contributed by atoms with Crippen LogP contribution in [-0.4, -0.2) is 36.3 Å². The zero-order valence-corrected chi connectivity index (χ0v) is 12.7. The van der Waals surface area contributed by atoms with Crippen molar-refractivity contribution >= 4 is 33.4 Å². The Kier molecular flexibility index (Phi) is 4.31. The fraction of sp³-hybridized carbons (Fsp3) is 0.636. The van der Waals surface area contributed by atoms with Crippen LogP contribution >= 0.6 is 23.4 Å². The van der Waals surface area contributed by atoms with Gasteiger partial charge in [0.05, 0.1) is 5.88 Å². The Balaban J connectivity index is 2.25. The van der Waals surface area contributed by atoms with E-state index in [0.29, 0.717) is 29.3 Å². The number of furan rings is 1. The summed E-state index contributed by atoms with van der Waals surface area (Å²) in [5.74, 6) is 0.653. The average molecular weight is 310 g/mol. The van der Waals surface area contributed by atoms with E-state index >= 15 is 0 Å². The minimum atomic E-state index is -3.52. The maximum absolute atomic E-state index is 12.4. The number of alkyl halides is 1. The molecule has 0 amide bonds. The largest absolute Gasteiger partial charge is 0.447 e. The standard InChI is InChI=1S/C11H16ClNO3S2/c1-8-6-13(7-9(2)17-8)18(14,15)11-4-3-10(5-12)16-11/h3-4,8-9H,5-7H2,1-2H3. The molecular weight excluding hydrogens is 294 g/mol. The summed E-state index contributed by atoms with van der Waals surface area (Å²) < 4.78 is 31.5. The SMILES string of the molecule is CC1CN(S(=O)(=O)c2ccc(CCl)o2)CC(C)S1. The predicted octanol–water partition coefficient (Wildman–Crippen LogP) is 2.53. The molecule has 1 aromatic heterocycles. The lowest BCUT2D eigenvalue weighted by Gasteiger charge is -2.32. The van der Waals surface area contributed by atoms with E-state index in [1.165, 1.54) is 10.4 Å². The molecule has 0 bridgehead atoms. The minimum Gasteiger partial charge on any atom is -0.447 e. The molecule has 18 heavy (non-hydrogen) atoms. The Hall–Kier alpha value is -0.170. The van der Waals surface area contributed by atoms with Gasteiger partial charge >= 0.3 is 0 Å². The van der Waals surface area contributed by atoms with Crippen LogP contribution in [0.15, 0.2) is 21.6 Å². The lowest BCUT2D eigenvalue weighted by molar-refractivity contribution is 0.367. The second kappa shape index (κ2) is 5.45. The molecule has 1 aliphatic rings. The Bertz CT molecular complexity index is 504. The van der Waals surface area contributed by atoms with Crippen molar-refractivity contribution in [3.63, 3.8) is 0 Å². The monoisotopic (exact) mass is 309 g/mol. The van der Waals surface area contributed by atoms with E-state index in [1.807, 2.05) is 25.6 Å². The summed E-state index contributed by atoms with van der Waals surface area (Å²) in [5.41, 5.74) is 0. The number of sulfonamides is 1. The summed E-state index contributed by atoms with van der Waals surface area (Å²) in [6.45, 7) is 5.12. The fourth-order valence-electron chi connectivity index (χ4n) is 2.02. The molecule has 2 unspecified atom stereocenters. The van der Waals surface area contributed by atoms with Crippen LogP contribution in [0.5, 0.6) is 0 Å². The second-order valence-corrected chi connectivity index (χ2v) is 8.45. The second-order valence-electron chi connectivity index (χ2n) is 4.43. The lowest BCUT2D eigenvalue weighted by Crippen LogP contribution is -2.43. The molecule has 2 rings (SSSR count). The number of nitrogens with zero attached hydrogens (tertiary/aromatic N) is 1. The molecule has 1 aliphatic heterocycles. The van der Waals surface area contributed by atoms with Crippen LogP contribution in [-0.2, 0) is 15.9 Å². The highest BCUT2D eigenvalue weighted by Gasteiger charge is 2.33. The van der Waals surface area contributed by atoms with Gasteiger partial charge in [-0.2, -0.15) is 16.1 Å². The van der Waals surface area contributed by atoms with Crippen molar-refractivity contribution in [2.45, 2.75) is 35.3 Å². The fourth-order valence-corrected chi connectivity index (χ4v) is 5.23. The molecule has 0 aliphatic carbocycles. The Morgan fingerprint density at radius 2 is 2.00 bits per heavy atom. The van der Waals surface area contributed by atoms with Crippen molar-refractivity contribution in [3.8, 4) is 0 Å². The van der Waals surface area contributed by atoms with Crippen LogP contribution in [0.3, 0.4) is 0 Å². The molecule has 102 valence electrons. The number of hydrogen-bond donors (Lipinski definition) is 0. The summed E-state index contributed by atoms with van der Waals surface area (Å²) in [6, 6.07) is 3.08. The zero-order valence-electron chi connectivity index (χ0n) is 10.3. The number of rotatable bonds is 3. The van der Waals surface area contributed by atoms with Gasteiger partial charge in [0.2, 0.25) is 5.09 Å². The minimum absolute atomic E-state index is 0.00977. The summed E-state index contributed by atoms with van der Waals surface area (Å²) in [7, 11) is -3.52. The molecule has 2 atom stereocenters. The summed E-state index contributed by atoms with van der Waals surface area (Å²) in [6.07, 6.45) is 0. The lowest BCUT2D eigenvalue weighted by atomic mass is 10.4. The van der Waals surface area contributed by atoms with Gasteiger partial charge in [-0.3, -0.25) is 0 Å². The molecule has 0 radical (unpaired) electrons. The van der Waals surface area contributed by atoms with E-state index in [0.717, 1.165) is 0 Å². The van der Waals surface area contributed by atoms with Crippen LogP contribution in [0.4, 0.5) is 0 Å². The van der Waals surface area contributed by atoms with E-state index in [9.17, 15) is 8.42 Å². The van der Waals surface area contributed by atoms with Crippen LogP contribution in [0.2, 0.25) is 0 Å². The topological polar surface area (TPSA) is 50.5 Å². The van der Waals surface area contributed by atoms with Crippen molar-refractivity contribution in [2.24, 2.45) is 0 Å². The molecule has 0 N–H and O–H groups in total. The third-order valence-electron chi connectivity index (χ3n) is 2.75. The van der Waals surface area contributed by atoms with Crippen LogP contribution in [0.1, 0.15) is 19.6 Å². The quantitative estimate of drug-likeness (QED) is 0.805. The van der Waals surface area contributed by atoms with Gasteiger partial charge in [0, 0.05) is 23.6 Å². The van der Waals surface area contributed by atoms with Crippen LogP contribution in [0, 0.1) is 0 Å². The van der Waals surface area contributed by atoms with Gasteiger partial charge in [0.1, 0.15) is 5.76 Å². The van der Waals surface area contributed by atoms with Crippen LogP contribution < -0.4 is 0 Å². The van der Waals surface area contributed by atoms with Gasteiger partial charge in [0.15, 0.2) is 0 Å². The van der Waals surface area contributed by atoms with E-state index in [1.54, 1.807) is 6.07 Å². The molecule has 2 heterocycles. The average Bonchev–Trinajstić information content (AvgIpc) is 2.76. The van der Waals surface area contributed by atoms with Crippen LogP contribution in [0.25, 0.3) is 0 Å². The van der Waals surface area contributed by atoms with Gasteiger partial charge in [-0.1, -0.05) is 13.8 Å². The molecule has 1 saturated heterocycles. The molecule has 1 aromatic rings. The normalized spacial score (nSPS) is 26.4. The smallest absolute Gasteiger partial charge is 0.276 e. The molecule has 0 saturated carbocycles. The van der Waals surface area contributed by atoms with E-state index in [2.05, 4.69) is 0 Å². The van der Waals surface area contributed by atoms with Gasteiger partial charge in [0.25, 0.3) is 10.0 Å². The summed E-state index contributed by atoms with van der Waals surface area (Å²) in [4.78, 5) is 0. The molecule has 0 aromatic carbocycles. The van der Waals surface area contributed by atoms with E-state index < -0.39 is 10.0 Å². The van der Waals surface area contributed by atoms with E-state index in [-0.39, 0.29) is 11.0 Å². The zero-order chi connectivity index (χ0) is 13.3. The molecule has 1 fully saturated rings. The maximum atomic E-state index is 12.4. The third kappa shape index (κ3) is 2.87. The highest BCUT2D eigenvalue weighted by molar-refractivity contribution is 8.00. The van der Waals surface area contributed by atoms with Crippen molar-refractivity contribution in [3.05, 3.63) is 17.9 Å². The molecule has 7 heteroatoms. The first-order valence-electron chi connectivity index (χ1n) is 5.73. The van der Waals surface area contributed by atoms with E-state index in [4.69, 9.17) is 16.0 Å². The number of halogens is 1. The first kappa shape index (κ1) is 14.2. The Labute approximate surface area is 117 Å². The summed E-state index contributed by atoms with van der Waals surface area (Å²) in [5, 5.41) is 0.585. The van der Waals surface area contributed by atoms with Gasteiger partial charge in [-0.05, 0) is 12.1 Å². The van der Waals surface area contributed by atoms with Gasteiger partial charge in [-0.25, -0.2) is 8.42 Å². The van der Waals surface area contributed by atoms with Crippen molar-refractivity contribution in [1.82, 2.24) is 4.31 Å². The predicted molar refractivity (Wildman–Crippen MR) is 73.5 cm³/mol. The molecular formula is C11H16ClNO3S2. The third-order valence-corrected chi connectivity index (χ3v) is 5.95. The Morgan fingerprint density at radius 3 is 2.50 bits per heavy atom. The molecule has 4 nitrogen and oxygen atoms in total.